The number of carbonyl (C=O) groups excluding carboxylic acids is 1. The number of para-hydroxylation sites is 1. The van der Waals surface area contributed by atoms with Crippen molar-refractivity contribution in [1.29, 1.82) is 0 Å². The largest absolute Gasteiger partial charge is 0.417 e. The van der Waals surface area contributed by atoms with Gasteiger partial charge in [0.05, 0.1) is 35.9 Å². The molecule has 2 aromatic heterocycles. The van der Waals surface area contributed by atoms with Crippen LogP contribution in [0.1, 0.15) is 16.7 Å². The first kappa shape index (κ1) is 25.5. The smallest absolute Gasteiger partial charge is 0.402 e. The minimum absolute atomic E-state index is 0.0849. The second-order valence-electron chi connectivity index (χ2n) is 9.03. The summed E-state index contributed by atoms with van der Waals surface area (Å²) in [5.74, 6) is -0.568. The van der Waals surface area contributed by atoms with Crippen molar-refractivity contribution in [3.63, 3.8) is 0 Å². The van der Waals surface area contributed by atoms with E-state index in [0.29, 0.717) is 37.7 Å². The summed E-state index contributed by atoms with van der Waals surface area (Å²) in [4.78, 5) is 23.6. The summed E-state index contributed by atoms with van der Waals surface area (Å²) in [6.45, 7) is 1.45. The molecule has 0 saturated carbocycles. The molecule has 2 aliphatic heterocycles. The van der Waals surface area contributed by atoms with Crippen LogP contribution in [0.2, 0.25) is 0 Å². The Balaban J connectivity index is 1.34. The molecule has 2 N–H and O–H groups in total. The Kier molecular flexibility index (Phi) is 6.64. The van der Waals surface area contributed by atoms with Crippen molar-refractivity contribution in [2.24, 2.45) is 4.99 Å². The zero-order valence-corrected chi connectivity index (χ0v) is 20.9. The molecule has 0 aliphatic carbocycles. The van der Waals surface area contributed by atoms with Gasteiger partial charge in [0.2, 0.25) is 6.17 Å². The number of halogens is 3. The van der Waals surface area contributed by atoms with E-state index < -0.39 is 23.8 Å². The molecule has 4 aromatic rings. The zero-order chi connectivity index (χ0) is 27.7. The highest BCUT2D eigenvalue weighted by Crippen LogP contribution is 2.36. The highest BCUT2D eigenvalue weighted by atomic mass is 19.4. The van der Waals surface area contributed by atoms with Crippen molar-refractivity contribution in [3.8, 4) is 11.6 Å². The van der Waals surface area contributed by atoms with Gasteiger partial charge in [-0.1, -0.05) is 53.6 Å². The number of anilines is 3. The van der Waals surface area contributed by atoms with Crippen LogP contribution in [-0.4, -0.2) is 59.3 Å². The topological polar surface area (TPSA) is 118 Å². The van der Waals surface area contributed by atoms with Crippen LogP contribution >= 0.6 is 0 Å². The molecule has 13 heteroatoms. The van der Waals surface area contributed by atoms with Gasteiger partial charge in [0.1, 0.15) is 0 Å². The SMILES string of the molecule is O=C1Nc2ccccc2C(c2ccccc2)=NC1Nc1nnc(-c2ncc(C(F)(F)F)cc2N2CCOCC2)o1. The summed E-state index contributed by atoms with van der Waals surface area (Å²) in [7, 11) is 0. The van der Waals surface area contributed by atoms with Crippen LogP contribution < -0.4 is 15.5 Å². The molecule has 1 unspecified atom stereocenters. The number of benzodiazepines with no additional fused rings is 1. The number of alkyl halides is 3. The number of hydrogen-bond donors (Lipinski definition) is 2. The number of hydrogen-bond acceptors (Lipinski definition) is 9. The van der Waals surface area contributed by atoms with Gasteiger partial charge in [-0.2, -0.15) is 13.2 Å². The lowest BCUT2D eigenvalue weighted by Gasteiger charge is -2.30. The summed E-state index contributed by atoms with van der Waals surface area (Å²) < 4.78 is 51.5. The maximum absolute atomic E-state index is 13.5. The standard InChI is InChI=1S/C27H22F3N7O3/c28-27(29,30)17-14-20(37-10-12-39-13-11-37)22(31-15-17)25-35-36-26(40-25)34-23-24(38)32-19-9-5-4-8-18(19)21(33-23)16-6-2-1-3-7-16/h1-9,14-15,23H,10-13H2,(H,32,38)(H,34,36). The van der Waals surface area contributed by atoms with Crippen LogP contribution in [0, 0.1) is 0 Å². The van der Waals surface area contributed by atoms with Gasteiger partial charge in [0.15, 0.2) is 5.69 Å². The summed E-state index contributed by atoms with van der Waals surface area (Å²) in [5.41, 5.74) is 2.09. The number of benzene rings is 2. The Morgan fingerprint density at radius 1 is 1.00 bits per heavy atom. The van der Waals surface area contributed by atoms with E-state index >= 15 is 0 Å². The van der Waals surface area contributed by atoms with Gasteiger partial charge in [0, 0.05) is 30.4 Å². The van der Waals surface area contributed by atoms with Crippen LogP contribution in [0.15, 0.2) is 76.3 Å². The fraction of sp³-hybridized carbons (Fsp3) is 0.222. The third-order valence-electron chi connectivity index (χ3n) is 6.43. The number of rotatable bonds is 5. The average Bonchev–Trinajstić information content (AvgIpc) is 3.38. The third-order valence-corrected chi connectivity index (χ3v) is 6.43. The lowest BCUT2D eigenvalue weighted by molar-refractivity contribution is -0.137. The van der Waals surface area contributed by atoms with Gasteiger partial charge in [-0.25, -0.2) is 9.98 Å². The monoisotopic (exact) mass is 549 g/mol. The molecule has 4 heterocycles. The molecular formula is C27H22F3N7O3. The molecule has 204 valence electrons. The normalized spacial score (nSPS) is 17.5. The molecule has 6 rings (SSSR count). The summed E-state index contributed by atoms with van der Waals surface area (Å²) in [6.07, 6.45) is -4.99. The van der Waals surface area contributed by atoms with E-state index in [1.54, 1.807) is 11.0 Å². The predicted molar refractivity (Wildman–Crippen MR) is 140 cm³/mol. The van der Waals surface area contributed by atoms with E-state index in [2.05, 4.69) is 30.8 Å². The molecule has 0 bridgehead atoms. The van der Waals surface area contributed by atoms with Crippen molar-refractivity contribution in [2.45, 2.75) is 12.3 Å². The predicted octanol–water partition coefficient (Wildman–Crippen LogP) is 4.21. The van der Waals surface area contributed by atoms with Crippen molar-refractivity contribution >= 4 is 29.0 Å². The van der Waals surface area contributed by atoms with E-state index in [1.807, 2.05) is 48.5 Å². The number of pyridine rings is 1. The second kappa shape index (κ2) is 10.4. The van der Waals surface area contributed by atoms with E-state index in [1.165, 1.54) is 0 Å². The van der Waals surface area contributed by atoms with E-state index in [0.717, 1.165) is 23.4 Å². The number of ether oxygens (including phenoxy) is 1. The Bertz CT molecular complexity index is 1570. The Hall–Kier alpha value is -4.78. The molecule has 1 saturated heterocycles. The number of aromatic nitrogens is 3. The maximum atomic E-state index is 13.5. The Labute approximate surface area is 225 Å². The fourth-order valence-electron chi connectivity index (χ4n) is 4.49. The van der Waals surface area contributed by atoms with E-state index in [4.69, 9.17) is 9.15 Å². The number of carbonyl (C=O) groups is 1. The quantitative estimate of drug-likeness (QED) is 0.380. The van der Waals surface area contributed by atoms with Crippen LogP contribution in [0.3, 0.4) is 0 Å². The van der Waals surface area contributed by atoms with Gasteiger partial charge in [-0.3, -0.25) is 4.79 Å². The number of fused-ring (bicyclic) bond motifs is 1. The Morgan fingerprint density at radius 2 is 1.75 bits per heavy atom. The molecule has 0 radical (unpaired) electrons. The van der Waals surface area contributed by atoms with Crippen molar-refractivity contribution in [1.82, 2.24) is 15.2 Å². The summed E-state index contributed by atoms with van der Waals surface area (Å²) in [5, 5.41) is 13.7. The van der Waals surface area contributed by atoms with Gasteiger partial charge in [-0.15, -0.1) is 5.10 Å². The second-order valence-corrected chi connectivity index (χ2v) is 9.03. The number of nitrogens with zero attached hydrogens (tertiary/aromatic N) is 5. The first-order valence-electron chi connectivity index (χ1n) is 12.4. The van der Waals surface area contributed by atoms with Crippen molar-refractivity contribution < 1.29 is 27.1 Å². The minimum atomic E-state index is -4.58. The van der Waals surface area contributed by atoms with Gasteiger partial charge in [0.25, 0.3) is 11.8 Å². The van der Waals surface area contributed by atoms with Crippen molar-refractivity contribution in [3.05, 3.63) is 83.6 Å². The fourth-order valence-corrected chi connectivity index (χ4v) is 4.49. The highest BCUT2D eigenvalue weighted by Gasteiger charge is 2.34. The molecule has 40 heavy (non-hydrogen) atoms. The molecule has 2 aliphatic rings. The molecule has 10 nitrogen and oxygen atoms in total. The van der Waals surface area contributed by atoms with Crippen molar-refractivity contribution in [2.75, 3.05) is 41.8 Å². The van der Waals surface area contributed by atoms with Crippen LogP contribution in [0.5, 0.6) is 0 Å². The van der Waals surface area contributed by atoms with Crippen LogP contribution in [0.25, 0.3) is 11.6 Å². The average molecular weight is 550 g/mol. The highest BCUT2D eigenvalue weighted by molar-refractivity contribution is 6.19. The van der Waals surface area contributed by atoms with E-state index in [9.17, 15) is 18.0 Å². The molecule has 1 atom stereocenters. The maximum Gasteiger partial charge on any atom is 0.417 e. The molecule has 0 spiro atoms. The van der Waals surface area contributed by atoms with Gasteiger partial charge < -0.3 is 24.7 Å². The zero-order valence-electron chi connectivity index (χ0n) is 20.9. The van der Waals surface area contributed by atoms with Crippen LogP contribution in [0.4, 0.5) is 30.6 Å². The molecule has 1 fully saturated rings. The number of nitrogens with one attached hydrogen (secondary N) is 2. The van der Waals surface area contributed by atoms with Gasteiger partial charge >= 0.3 is 12.2 Å². The first-order valence-corrected chi connectivity index (χ1v) is 12.4. The van der Waals surface area contributed by atoms with Gasteiger partial charge in [-0.05, 0) is 12.1 Å². The lowest BCUT2D eigenvalue weighted by Crippen LogP contribution is -2.36. The summed E-state index contributed by atoms with van der Waals surface area (Å²) >= 11 is 0. The minimum Gasteiger partial charge on any atom is -0.402 e. The third kappa shape index (κ3) is 5.10. The molecule has 1 amide bonds. The number of morpholine rings is 1. The summed E-state index contributed by atoms with van der Waals surface area (Å²) in [6, 6.07) is 17.6. The van der Waals surface area contributed by atoms with E-state index in [-0.39, 0.29) is 23.3 Å². The number of amides is 1. The number of aliphatic imine (C=N–C) groups is 1. The molecular weight excluding hydrogens is 527 g/mol. The lowest BCUT2D eigenvalue weighted by atomic mass is 10.0. The molecule has 2 aromatic carbocycles. The van der Waals surface area contributed by atoms with Crippen LogP contribution in [-0.2, 0) is 15.7 Å². The first-order chi connectivity index (χ1) is 19.4. The Morgan fingerprint density at radius 3 is 2.52 bits per heavy atom.